The van der Waals surface area contributed by atoms with Crippen molar-refractivity contribution in [1.29, 1.82) is 0 Å². The Hall–Kier alpha value is -2.37. The van der Waals surface area contributed by atoms with Crippen molar-refractivity contribution in [2.24, 2.45) is 0 Å². The third kappa shape index (κ3) is 3.84. The number of pyridine rings is 1. The standard InChI is InChI=1S/C16H15F3N2O/c1-21(11-8-12-6-9-20-10-7-12)15(22)13-4-2-3-5-14(13)16(17,18)19/h2-7,9-10H,8,11H2,1H3. The average molecular weight is 308 g/mol. The number of amides is 1. The number of alkyl halides is 3. The van der Waals surface area contributed by atoms with Crippen LogP contribution < -0.4 is 0 Å². The van der Waals surface area contributed by atoms with Gasteiger partial charge in [-0.3, -0.25) is 9.78 Å². The van der Waals surface area contributed by atoms with E-state index in [1.165, 1.54) is 30.1 Å². The molecule has 1 amide bonds. The van der Waals surface area contributed by atoms with Crippen LogP contribution in [0.15, 0.2) is 48.8 Å². The van der Waals surface area contributed by atoms with Crippen molar-refractivity contribution in [3.05, 3.63) is 65.5 Å². The zero-order valence-electron chi connectivity index (χ0n) is 12.0. The maximum Gasteiger partial charge on any atom is 0.417 e. The van der Waals surface area contributed by atoms with Crippen molar-refractivity contribution in [2.75, 3.05) is 13.6 Å². The van der Waals surface area contributed by atoms with E-state index >= 15 is 0 Å². The fourth-order valence-corrected chi connectivity index (χ4v) is 2.07. The van der Waals surface area contributed by atoms with Crippen molar-refractivity contribution >= 4 is 5.91 Å². The second kappa shape index (κ2) is 6.60. The molecule has 0 atom stereocenters. The first-order chi connectivity index (χ1) is 10.4. The summed E-state index contributed by atoms with van der Waals surface area (Å²) in [5.41, 5.74) is -0.262. The van der Waals surface area contributed by atoms with E-state index in [1.807, 2.05) is 12.1 Å². The molecule has 1 aromatic heterocycles. The molecule has 3 nitrogen and oxygen atoms in total. The highest BCUT2D eigenvalue weighted by Gasteiger charge is 2.35. The molecule has 0 aliphatic carbocycles. The van der Waals surface area contributed by atoms with Crippen LogP contribution >= 0.6 is 0 Å². The van der Waals surface area contributed by atoms with Crippen LogP contribution in [-0.2, 0) is 12.6 Å². The highest BCUT2D eigenvalue weighted by Crippen LogP contribution is 2.32. The average Bonchev–Trinajstić information content (AvgIpc) is 2.52. The Labute approximate surface area is 126 Å². The lowest BCUT2D eigenvalue weighted by molar-refractivity contribution is -0.138. The van der Waals surface area contributed by atoms with Crippen molar-refractivity contribution in [3.63, 3.8) is 0 Å². The third-order valence-electron chi connectivity index (χ3n) is 3.29. The molecule has 2 rings (SSSR count). The number of nitrogens with zero attached hydrogens (tertiary/aromatic N) is 2. The number of hydrogen-bond donors (Lipinski definition) is 0. The molecule has 0 spiro atoms. The van der Waals surface area contributed by atoms with Gasteiger partial charge in [-0.2, -0.15) is 13.2 Å². The Morgan fingerprint density at radius 1 is 1.14 bits per heavy atom. The number of aromatic nitrogens is 1. The van der Waals surface area contributed by atoms with E-state index in [2.05, 4.69) is 4.98 Å². The molecule has 0 bridgehead atoms. The number of benzene rings is 1. The molecule has 0 aliphatic heterocycles. The number of likely N-dealkylation sites (N-methyl/N-ethyl adjacent to an activating group) is 1. The fraction of sp³-hybridized carbons (Fsp3) is 0.250. The van der Waals surface area contributed by atoms with Crippen LogP contribution in [0.2, 0.25) is 0 Å². The number of rotatable bonds is 4. The Morgan fingerprint density at radius 2 is 1.77 bits per heavy atom. The van der Waals surface area contributed by atoms with Crippen LogP contribution in [0.1, 0.15) is 21.5 Å². The van der Waals surface area contributed by atoms with E-state index in [0.717, 1.165) is 11.6 Å². The molecule has 0 unspecified atom stereocenters. The summed E-state index contributed by atoms with van der Waals surface area (Å²) in [6, 6.07) is 8.44. The molecule has 1 heterocycles. The predicted octanol–water partition coefficient (Wildman–Crippen LogP) is 3.42. The normalized spacial score (nSPS) is 11.3. The van der Waals surface area contributed by atoms with Crippen LogP contribution in [0.4, 0.5) is 13.2 Å². The van der Waals surface area contributed by atoms with Gasteiger partial charge in [-0.1, -0.05) is 12.1 Å². The molecule has 0 saturated carbocycles. The number of carbonyl (C=O) groups excluding carboxylic acids is 1. The van der Waals surface area contributed by atoms with E-state index in [-0.39, 0.29) is 5.56 Å². The lowest BCUT2D eigenvalue weighted by Crippen LogP contribution is -2.30. The second-order valence-corrected chi connectivity index (χ2v) is 4.88. The van der Waals surface area contributed by atoms with E-state index in [4.69, 9.17) is 0 Å². The summed E-state index contributed by atoms with van der Waals surface area (Å²) in [5, 5.41) is 0. The molecule has 22 heavy (non-hydrogen) atoms. The Morgan fingerprint density at radius 3 is 2.41 bits per heavy atom. The summed E-state index contributed by atoms with van der Waals surface area (Å²) in [4.78, 5) is 17.4. The molecule has 0 fully saturated rings. The van der Waals surface area contributed by atoms with Crippen LogP contribution in [0.25, 0.3) is 0 Å². The van der Waals surface area contributed by atoms with Gasteiger partial charge >= 0.3 is 6.18 Å². The number of halogens is 3. The lowest BCUT2D eigenvalue weighted by Gasteiger charge is -2.20. The Bertz CT molecular complexity index is 641. The zero-order chi connectivity index (χ0) is 16.2. The molecule has 1 aromatic carbocycles. The van der Waals surface area contributed by atoms with E-state index < -0.39 is 17.6 Å². The largest absolute Gasteiger partial charge is 0.417 e. The van der Waals surface area contributed by atoms with Crippen LogP contribution in [0.5, 0.6) is 0 Å². The molecule has 0 radical (unpaired) electrons. The summed E-state index contributed by atoms with van der Waals surface area (Å²) in [7, 11) is 1.50. The summed E-state index contributed by atoms with van der Waals surface area (Å²) in [6.07, 6.45) is -0.719. The smallest absolute Gasteiger partial charge is 0.341 e. The SMILES string of the molecule is CN(CCc1ccncc1)C(=O)c1ccccc1C(F)(F)F. The Kier molecular flexibility index (Phi) is 4.80. The second-order valence-electron chi connectivity index (χ2n) is 4.88. The van der Waals surface area contributed by atoms with Gasteiger partial charge in [0.15, 0.2) is 0 Å². The third-order valence-corrected chi connectivity index (χ3v) is 3.29. The minimum absolute atomic E-state index is 0.327. The van der Waals surface area contributed by atoms with Gasteiger partial charge in [-0.05, 0) is 36.2 Å². The van der Waals surface area contributed by atoms with Crippen molar-refractivity contribution in [1.82, 2.24) is 9.88 Å². The zero-order valence-corrected chi connectivity index (χ0v) is 12.0. The first-order valence-corrected chi connectivity index (χ1v) is 6.70. The van der Waals surface area contributed by atoms with Crippen LogP contribution in [0, 0.1) is 0 Å². The molecule has 6 heteroatoms. The molecule has 116 valence electrons. The molecule has 0 aliphatic rings. The highest BCUT2D eigenvalue weighted by molar-refractivity contribution is 5.95. The maximum absolute atomic E-state index is 12.9. The molecular formula is C16H15F3N2O. The van der Waals surface area contributed by atoms with Crippen LogP contribution in [0.3, 0.4) is 0 Å². The summed E-state index contributed by atoms with van der Waals surface area (Å²) >= 11 is 0. The van der Waals surface area contributed by atoms with Gasteiger partial charge in [0.05, 0.1) is 11.1 Å². The fourth-order valence-electron chi connectivity index (χ4n) is 2.07. The minimum Gasteiger partial charge on any atom is -0.341 e. The lowest BCUT2D eigenvalue weighted by atomic mass is 10.1. The van der Waals surface area contributed by atoms with Crippen molar-refractivity contribution < 1.29 is 18.0 Å². The highest BCUT2D eigenvalue weighted by atomic mass is 19.4. The molecule has 0 N–H and O–H groups in total. The quantitative estimate of drug-likeness (QED) is 0.867. The first-order valence-electron chi connectivity index (χ1n) is 6.70. The number of carbonyl (C=O) groups is 1. The van der Waals surface area contributed by atoms with Gasteiger partial charge < -0.3 is 4.90 Å². The van der Waals surface area contributed by atoms with E-state index in [9.17, 15) is 18.0 Å². The minimum atomic E-state index is -4.54. The van der Waals surface area contributed by atoms with Gasteiger partial charge in [0, 0.05) is 26.0 Å². The Balaban J connectivity index is 2.11. The van der Waals surface area contributed by atoms with E-state index in [1.54, 1.807) is 12.4 Å². The van der Waals surface area contributed by atoms with Crippen LogP contribution in [-0.4, -0.2) is 29.4 Å². The monoisotopic (exact) mass is 308 g/mol. The summed E-state index contributed by atoms with van der Waals surface area (Å²) < 4.78 is 38.8. The van der Waals surface area contributed by atoms with E-state index in [0.29, 0.717) is 13.0 Å². The van der Waals surface area contributed by atoms with Gasteiger partial charge in [-0.25, -0.2) is 0 Å². The molecule has 0 saturated heterocycles. The molecular weight excluding hydrogens is 293 g/mol. The van der Waals surface area contributed by atoms with Gasteiger partial charge in [0.2, 0.25) is 0 Å². The first kappa shape index (κ1) is 16.0. The topological polar surface area (TPSA) is 33.2 Å². The predicted molar refractivity (Wildman–Crippen MR) is 76.3 cm³/mol. The van der Waals surface area contributed by atoms with Crippen molar-refractivity contribution in [2.45, 2.75) is 12.6 Å². The van der Waals surface area contributed by atoms with Gasteiger partial charge in [0.1, 0.15) is 0 Å². The van der Waals surface area contributed by atoms with Gasteiger partial charge in [0.25, 0.3) is 5.91 Å². The summed E-state index contributed by atoms with van der Waals surface area (Å²) in [5.74, 6) is -0.637. The van der Waals surface area contributed by atoms with Gasteiger partial charge in [-0.15, -0.1) is 0 Å². The number of hydrogen-bond acceptors (Lipinski definition) is 2. The molecule has 2 aromatic rings. The maximum atomic E-state index is 12.9. The summed E-state index contributed by atoms with van der Waals surface area (Å²) in [6.45, 7) is 0.328. The van der Waals surface area contributed by atoms with Crippen molar-refractivity contribution in [3.8, 4) is 0 Å².